The molecule has 0 aliphatic heterocycles. The third-order valence-electron chi connectivity index (χ3n) is 7.12. The van der Waals surface area contributed by atoms with Gasteiger partial charge in [0.15, 0.2) is 0 Å². The zero-order valence-corrected chi connectivity index (χ0v) is 23.6. The summed E-state index contributed by atoms with van der Waals surface area (Å²) in [7, 11) is 0. The number of unbranched alkanes of at least 4 members (excludes halogenated alkanes) is 14. The van der Waals surface area contributed by atoms with Crippen LogP contribution in [0.5, 0.6) is 0 Å². The summed E-state index contributed by atoms with van der Waals surface area (Å²) in [5.41, 5.74) is 0. The monoisotopic (exact) mass is 525 g/mol. The molecule has 0 atom stereocenters. The highest BCUT2D eigenvalue weighted by atomic mass is 16.4. The fourth-order valence-electron chi connectivity index (χ4n) is 4.94. The third kappa shape index (κ3) is 24.2. The van der Waals surface area contributed by atoms with Gasteiger partial charge in [0.25, 0.3) is 0 Å². The molecular weight excluding hydrogens is 470 g/mol. The molecule has 7 nitrogen and oxygen atoms in total. The fraction of sp³-hybridized carbons (Fsp3) is 0.833. The first-order valence-electron chi connectivity index (χ1n) is 15.0. The number of carbonyl (C=O) groups excluding carboxylic acids is 1. The molecule has 216 valence electrons. The number of rotatable bonds is 28. The van der Waals surface area contributed by atoms with Gasteiger partial charge in [0, 0.05) is 25.2 Å². The van der Waals surface area contributed by atoms with E-state index in [4.69, 9.17) is 10.2 Å². The molecule has 2 N–H and O–H groups in total. The van der Waals surface area contributed by atoms with Crippen molar-refractivity contribution < 1.29 is 34.2 Å². The lowest BCUT2D eigenvalue weighted by Gasteiger charge is -2.35. The molecular formula is C30H55NO6. The van der Waals surface area contributed by atoms with Crippen LogP contribution in [-0.2, 0) is 14.4 Å². The SMILES string of the molecule is CCCCCCCCCCCCCCCC/C=C/[N+](CCCC(=O)[O-])(CCCC(=O)O)CCCC(=O)O. The largest absolute Gasteiger partial charge is 0.550 e. The van der Waals surface area contributed by atoms with Crippen LogP contribution in [-0.4, -0.2) is 52.2 Å². The van der Waals surface area contributed by atoms with Crippen LogP contribution < -0.4 is 5.11 Å². The van der Waals surface area contributed by atoms with E-state index in [0.717, 1.165) is 12.8 Å². The number of quaternary nitrogens is 1. The molecule has 0 radical (unpaired) electrons. The van der Waals surface area contributed by atoms with Gasteiger partial charge in [0.2, 0.25) is 0 Å². The van der Waals surface area contributed by atoms with Gasteiger partial charge in [-0.3, -0.25) is 14.1 Å². The second-order valence-electron chi connectivity index (χ2n) is 10.6. The minimum atomic E-state index is -1.10. The van der Waals surface area contributed by atoms with Crippen LogP contribution in [0, 0.1) is 0 Å². The van der Waals surface area contributed by atoms with Crippen molar-refractivity contribution in [3.8, 4) is 0 Å². The first-order valence-corrected chi connectivity index (χ1v) is 15.0. The van der Waals surface area contributed by atoms with Crippen molar-refractivity contribution in [2.75, 3.05) is 19.6 Å². The van der Waals surface area contributed by atoms with E-state index in [2.05, 4.69) is 19.2 Å². The average molecular weight is 526 g/mol. The lowest BCUT2D eigenvalue weighted by atomic mass is 10.0. The average Bonchev–Trinajstić information content (AvgIpc) is 2.83. The summed E-state index contributed by atoms with van der Waals surface area (Å²) in [6, 6.07) is 0. The van der Waals surface area contributed by atoms with E-state index in [0.29, 0.717) is 43.4 Å². The van der Waals surface area contributed by atoms with Crippen LogP contribution in [0.4, 0.5) is 0 Å². The number of aliphatic carboxylic acids is 3. The fourth-order valence-corrected chi connectivity index (χ4v) is 4.94. The Balaban J connectivity index is 4.36. The quantitative estimate of drug-likeness (QED) is 0.0896. The molecule has 0 aromatic carbocycles. The van der Waals surface area contributed by atoms with Gasteiger partial charge in [0.05, 0.1) is 38.7 Å². The molecule has 0 heterocycles. The topological polar surface area (TPSA) is 115 Å². The molecule has 0 amide bonds. The molecule has 7 heteroatoms. The van der Waals surface area contributed by atoms with Gasteiger partial charge < -0.3 is 20.1 Å². The van der Waals surface area contributed by atoms with E-state index < -0.39 is 17.9 Å². The Hall–Kier alpha value is -1.89. The third-order valence-corrected chi connectivity index (χ3v) is 7.12. The van der Waals surface area contributed by atoms with E-state index in [1.54, 1.807) is 0 Å². The molecule has 0 aromatic rings. The smallest absolute Gasteiger partial charge is 0.303 e. The summed E-state index contributed by atoms with van der Waals surface area (Å²) in [5, 5.41) is 29.0. The summed E-state index contributed by atoms with van der Waals surface area (Å²) in [5.74, 6) is -2.81. The normalized spacial score (nSPS) is 11.8. The van der Waals surface area contributed by atoms with Crippen molar-refractivity contribution >= 4 is 17.9 Å². The molecule has 0 aromatic heterocycles. The highest BCUT2D eigenvalue weighted by Crippen LogP contribution is 2.18. The molecule has 0 bridgehead atoms. The predicted octanol–water partition coefficient (Wildman–Crippen LogP) is 6.45. The van der Waals surface area contributed by atoms with Crippen molar-refractivity contribution in [2.45, 2.75) is 142 Å². The standard InChI is InChI=1S/C30H55NO6/c1-2-3-4-5-6-7-8-9-10-11-12-13-14-15-16-17-24-31(25-18-21-28(32)33,26-19-22-29(34)35)27-20-23-30(36)37/h17,24H,2-16,18-23,25-27H2,1H3,(H2-,32,33,34,35,36,37)/b24-17+. The second-order valence-corrected chi connectivity index (χ2v) is 10.6. The van der Waals surface area contributed by atoms with E-state index in [1.165, 1.54) is 83.5 Å². The highest BCUT2D eigenvalue weighted by molar-refractivity contribution is 5.66. The summed E-state index contributed by atoms with van der Waals surface area (Å²) < 4.78 is 0.437. The number of nitrogens with zero attached hydrogens (tertiary/aromatic N) is 1. The molecule has 37 heavy (non-hydrogen) atoms. The van der Waals surface area contributed by atoms with E-state index >= 15 is 0 Å². The molecule has 0 spiro atoms. The van der Waals surface area contributed by atoms with Gasteiger partial charge in [-0.05, 0) is 25.3 Å². The Kier molecular flexibility index (Phi) is 23.2. The highest BCUT2D eigenvalue weighted by Gasteiger charge is 2.24. The lowest BCUT2D eigenvalue weighted by molar-refractivity contribution is -0.880. The maximum absolute atomic E-state index is 11.0. The minimum Gasteiger partial charge on any atom is -0.550 e. The number of hydrogen-bond acceptors (Lipinski definition) is 4. The van der Waals surface area contributed by atoms with Gasteiger partial charge >= 0.3 is 11.9 Å². The summed E-state index contributed by atoms with van der Waals surface area (Å²) in [6.07, 6.45) is 25.0. The van der Waals surface area contributed by atoms with Crippen molar-refractivity contribution in [1.29, 1.82) is 0 Å². The summed E-state index contributed by atoms with van der Waals surface area (Å²) >= 11 is 0. The van der Waals surface area contributed by atoms with Crippen LogP contribution in [0.25, 0.3) is 0 Å². The molecule has 0 aliphatic rings. The molecule has 0 unspecified atom stereocenters. The Labute approximate surface area is 225 Å². The Bertz CT molecular complexity index is 569. The van der Waals surface area contributed by atoms with Gasteiger partial charge in [-0.2, -0.15) is 0 Å². The van der Waals surface area contributed by atoms with Crippen molar-refractivity contribution in [2.24, 2.45) is 0 Å². The Morgan fingerprint density at radius 3 is 1.35 bits per heavy atom. The van der Waals surface area contributed by atoms with Crippen molar-refractivity contribution in [1.82, 2.24) is 0 Å². The van der Waals surface area contributed by atoms with Gasteiger partial charge in [-0.1, -0.05) is 90.4 Å². The zero-order chi connectivity index (χ0) is 27.6. The van der Waals surface area contributed by atoms with Gasteiger partial charge in [0.1, 0.15) is 0 Å². The molecule has 0 aliphatic carbocycles. The first kappa shape index (κ1) is 35.1. The van der Waals surface area contributed by atoms with E-state index in [-0.39, 0.29) is 19.3 Å². The van der Waals surface area contributed by atoms with Gasteiger partial charge in [-0.15, -0.1) is 0 Å². The van der Waals surface area contributed by atoms with Crippen LogP contribution in [0.15, 0.2) is 12.3 Å². The van der Waals surface area contributed by atoms with Crippen molar-refractivity contribution in [3.63, 3.8) is 0 Å². The molecule has 0 rings (SSSR count). The van der Waals surface area contributed by atoms with Crippen LogP contribution in [0.1, 0.15) is 142 Å². The number of carboxylic acid groups (broad SMARTS) is 3. The van der Waals surface area contributed by atoms with Crippen LogP contribution >= 0.6 is 0 Å². The van der Waals surface area contributed by atoms with Crippen LogP contribution in [0.2, 0.25) is 0 Å². The lowest BCUT2D eigenvalue weighted by Crippen LogP contribution is -2.46. The first-order chi connectivity index (χ1) is 17.8. The molecule has 0 saturated carbocycles. The van der Waals surface area contributed by atoms with Crippen molar-refractivity contribution in [3.05, 3.63) is 12.3 Å². The zero-order valence-electron chi connectivity index (χ0n) is 23.6. The number of hydrogen-bond donors (Lipinski definition) is 2. The van der Waals surface area contributed by atoms with Crippen LogP contribution in [0.3, 0.4) is 0 Å². The molecule has 0 fully saturated rings. The Morgan fingerprint density at radius 2 is 0.973 bits per heavy atom. The predicted molar refractivity (Wildman–Crippen MR) is 147 cm³/mol. The van der Waals surface area contributed by atoms with Gasteiger partial charge in [-0.25, -0.2) is 0 Å². The summed E-state index contributed by atoms with van der Waals surface area (Å²) in [4.78, 5) is 33.0. The van der Waals surface area contributed by atoms with E-state index in [1.807, 2.05) is 0 Å². The number of carboxylic acids is 3. The minimum absolute atomic E-state index is 0.0478. The second kappa shape index (κ2) is 24.4. The number of carbonyl (C=O) groups is 3. The maximum atomic E-state index is 11.0. The molecule has 0 saturated heterocycles. The summed E-state index contributed by atoms with van der Waals surface area (Å²) in [6.45, 7) is 3.93. The van der Waals surface area contributed by atoms with E-state index in [9.17, 15) is 19.5 Å². The Morgan fingerprint density at radius 1 is 0.595 bits per heavy atom. The number of allylic oxidation sites excluding steroid dienone is 1. The maximum Gasteiger partial charge on any atom is 0.303 e.